The normalized spacial score (nSPS) is 11.1. The Morgan fingerprint density at radius 1 is 0.354 bits per heavy atom. The molecule has 6 nitrogen and oxygen atoms in total. The van der Waals surface area contributed by atoms with Gasteiger partial charge in [0, 0.05) is 33.2 Å². The van der Waals surface area contributed by atoms with E-state index in [1.54, 1.807) is 72.8 Å². The molecule has 7 aromatic carbocycles. The van der Waals surface area contributed by atoms with Gasteiger partial charge >= 0.3 is 0 Å². The van der Waals surface area contributed by atoms with Gasteiger partial charge in [0.05, 0.1) is 31.8 Å². The van der Waals surface area contributed by atoms with Gasteiger partial charge in [0.2, 0.25) is 0 Å². The van der Waals surface area contributed by atoms with Crippen molar-refractivity contribution in [1.82, 2.24) is 0 Å². The third-order valence-electron chi connectivity index (χ3n) is 8.10. The number of rotatable bonds is 6. The van der Waals surface area contributed by atoms with Gasteiger partial charge in [-0.2, -0.15) is 0 Å². The molecular formula is C39H24Cl3N3O3. The van der Waals surface area contributed by atoms with E-state index < -0.39 is 0 Å². The molecular weight excluding hydrogens is 665 g/mol. The fourth-order valence-corrected chi connectivity index (χ4v) is 6.63. The Hall–Kier alpha value is -5.40. The number of nitrogens with one attached hydrogen (secondary N) is 3. The Morgan fingerprint density at radius 3 is 0.896 bits per heavy atom. The zero-order chi connectivity index (χ0) is 33.4. The van der Waals surface area contributed by atoms with Crippen molar-refractivity contribution >= 4 is 102 Å². The molecule has 0 radical (unpaired) electrons. The maximum atomic E-state index is 13.5. The molecule has 7 aromatic rings. The van der Waals surface area contributed by atoms with Gasteiger partial charge in [-0.25, -0.2) is 0 Å². The standard InChI is InChI=1S/C39H24Cl3N3O3/c40-28-16-4-1-10-22(28)37(46)43-31-19-7-13-25-34(31)26-14-8-20-32(44-38(47)23-11-2-5-17-29(23)41)36(26)27-15-9-21-33(35(25)27)45-39(48)24-12-3-6-18-30(24)42/h1-21H,(H,43,46)(H,44,47)(H,45,48). The van der Waals surface area contributed by atoms with E-state index in [0.717, 1.165) is 16.2 Å². The molecule has 0 atom stereocenters. The highest BCUT2D eigenvalue weighted by molar-refractivity contribution is 6.38. The predicted molar refractivity (Wildman–Crippen MR) is 197 cm³/mol. The van der Waals surface area contributed by atoms with Gasteiger partial charge < -0.3 is 16.0 Å². The Kier molecular flexibility index (Phi) is 8.46. The Morgan fingerprint density at radius 2 is 0.625 bits per heavy atom. The van der Waals surface area contributed by atoms with Crippen LogP contribution < -0.4 is 16.0 Å². The van der Waals surface area contributed by atoms with Crippen molar-refractivity contribution in [3.8, 4) is 0 Å². The predicted octanol–water partition coefficient (Wildman–Crippen LogP) is 10.9. The van der Waals surface area contributed by atoms with Crippen LogP contribution >= 0.6 is 34.8 Å². The highest BCUT2D eigenvalue weighted by atomic mass is 35.5. The van der Waals surface area contributed by atoms with Crippen molar-refractivity contribution in [2.45, 2.75) is 0 Å². The molecule has 7 rings (SSSR count). The highest BCUT2D eigenvalue weighted by Crippen LogP contribution is 2.44. The third kappa shape index (κ3) is 5.71. The van der Waals surface area contributed by atoms with Crippen molar-refractivity contribution in [1.29, 1.82) is 0 Å². The van der Waals surface area contributed by atoms with Crippen LogP contribution in [-0.2, 0) is 0 Å². The van der Waals surface area contributed by atoms with Crippen molar-refractivity contribution in [2.24, 2.45) is 0 Å². The van der Waals surface area contributed by atoms with E-state index in [1.807, 2.05) is 54.6 Å². The number of carbonyl (C=O) groups excluding carboxylic acids is 3. The number of halogens is 3. The molecule has 0 aliphatic rings. The van der Waals surface area contributed by atoms with Gasteiger partial charge in [0.1, 0.15) is 0 Å². The van der Waals surface area contributed by atoms with Gasteiger partial charge in [0.15, 0.2) is 0 Å². The van der Waals surface area contributed by atoms with Gasteiger partial charge in [-0.1, -0.05) is 108 Å². The first-order chi connectivity index (χ1) is 23.3. The van der Waals surface area contributed by atoms with Gasteiger partial charge in [-0.3, -0.25) is 14.4 Å². The van der Waals surface area contributed by atoms with Crippen LogP contribution in [0, 0.1) is 0 Å². The lowest BCUT2D eigenvalue weighted by Gasteiger charge is -2.19. The average Bonchev–Trinajstić information content (AvgIpc) is 3.09. The molecule has 0 fully saturated rings. The molecule has 0 saturated heterocycles. The van der Waals surface area contributed by atoms with Gasteiger partial charge in [-0.15, -0.1) is 0 Å². The monoisotopic (exact) mass is 687 g/mol. The summed E-state index contributed by atoms with van der Waals surface area (Å²) in [5, 5.41) is 14.5. The summed E-state index contributed by atoms with van der Waals surface area (Å²) >= 11 is 19.1. The molecule has 0 unspecified atom stereocenters. The second-order valence-corrected chi connectivity index (χ2v) is 12.2. The number of anilines is 3. The molecule has 234 valence electrons. The summed E-state index contributed by atoms with van der Waals surface area (Å²) in [6, 6.07) is 37.2. The van der Waals surface area contributed by atoms with E-state index >= 15 is 0 Å². The van der Waals surface area contributed by atoms with E-state index in [-0.39, 0.29) is 17.7 Å². The van der Waals surface area contributed by atoms with Gasteiger partial charge in [0.25, 0.3) is 17.7 Å². The van der Waals surface area contributed by atoms with E-state index in [4.69, 9.17) is 34.8 Å². The molecule has 3 amide bonds. The number of benzene rings is 7. The maximum Gasteiger partial charge on any atom is 0.257 e. The molecule has 0 heterocycles. The van der Waals surface area contributed by atoms with Crippen LogP contribution in [0.25, 0.3) is 32.3 Å². The molecule has 3 N–H and O–H groups in total. The third-order valence-corrected chi connectivity index (χ3v) is 9.09. The largest absolute Gasteiger partial charge is 0.321 e. The van der Waals surface area contributed by atoms with Crippen molar-refractivity contribution in [3.05, 3.63) is 159 Å². The summed E-state index contributed by atoms with van der Waals surface area (Å²) in [5.41, 5.74) is 2.52. The molecule has 9 heteroatoms. The SMILES string of the molecule is O=C(Nc1cccc2c1c1cccc(NC(=O)c3ccccc3Cl)c1c1cccc(NC(=O)c3ccccc3Cl)c21)c1ccccc1Cl. The molecule has 0 aliphatic heterocycles. The molecule has 0 spiro atoms. The quantitative estimate of drug-likeness (QED) is 0.152. The highest BCUT2D eigenvalue weighted by Gasteiger charge is 2.21. The Bertz CT molecular complexity index is 2140. The Balaban J connectivity index is 1.48. The van der Waals surface area contributed by atoms with E-state index in [1.165, 1.54) is 0 Å². The lowest BCUT2D eigenvalue weighted by atomic mass is 9.91. The summed E-state index contributed by atoms with van der Waals surface area (Å²) in [7, 11) is 0. The van der Waals surface area contributed by atoms with Crippen LogP contribution in [0.15, 0.2) is 127 Å². The first-order valence-corrected chi connectivity index (χ1v) is 16.0. The van der Waals surface area contributed by atoms with Crippen LogP contribution in [0.1, 0.15) is 31.1 Å². The number of carbonyl (C=O) groups is 3. The first kappa shape index (κ1) is 31.2. The summed E-state index contributed by atoms with van der Waals surface area (Å²) in [4.78, 5) is 40.6. The second kappa shape index (κ2) is 13.0. The average molecular weight is 689 g/mol. The topological polar surface area (TPSA) is 87.3 Å². The lowest BCUT2D eigenvalue weighted by Crippen LogP contribution is -2.14. The first-order valence-electron chi connectivity index (χ1n) is 14.9. The molecule has 0 saturated carbocycles. The maximum absolute atomic E-state index is 13.5. The minimum absolute atomic E-state index is 0.319. The number of amides is 3. The minimum Gasteiger partial charge on any atom is -0.321 e. The zero-order valence-corrected chi connectivity index (χ0v) is 27.3. The van der Waals surface area contributed by atoms with Crippen molar-refractivity contribution < 1.29 is 14.4 Å². The second-order valence-electron chi connectivity index (χ2n) is 11.0. The summed E-state index contributed by atoms with van der Waals surface area (Å²) in [5.74, 6) is -1.15. The zero-order valence-electron chi connectivity index (χ0n) is 25.0. The van der Waals surface area contributed by atoms with Crippen LogP contribution in [0.5, 0.6) is 0 Å². The number of hydrogen-bond acceptors (Lipinski definition) is 3. The summed E-state index contributed by atoms with van der Waals surface area (Å²) < 4.78 is 0. The minimum atomic E-state index is -0.384. The fourth-order valence-electron chi connectivity index (χ4n) is 5.97. The molecule has 0 bridgehead atoms. The van der Waals surface area contributed by atoms with Crippen molar-refractivity contribution in [2.75, 3.05) is 16.0 Å². The lowest BCUT2D eigenvalue weighted by molar-refractivity contribution is 0.101. The summed E-state index contributed by atoms with van der Waals surface area (Å²) in [6.07, 6.45) is 0. The van der Waals surface area contributed by atoms with Crippen molar-refractivity contribution in [3.63, 3.8) is 0 Å². The van der Waals surface area contributed by atoms with E-state index in [0.29, 0.717) is 65.0 Å². The molecule has 0 aromatic heterocycles. The van der Waals surface area contributed by atoms with Gasteiger partial charge in [-0.05, 0) is 70.8 Å². The van der Waals surface area contributed by atoms with Crippen LogP contribution in [0.4, 0.5) is 17.1 Å². The van der Waals surface area contributed by atoms with Crippen LogP contribution in [0.3, 0.4) is 0 Å². The van der Waals surface area contributed by atoms with Crippen LogP contribution in [0.2, 0.25) is 15.1 Å². The molecule has 0 aliphatic carbocycles. The van der Waals surface area contributed by atoms with Crippen LogP contribution in [-0.4, -0.2) is 17.7 Å². The Labute approximate surface area is 290 Å². The number of fused-ring (bicyclic) bond motifs is 6. The number of hydrogen-bond donors (Lipinski definition) is 3. The molecule has 48 heavy (non-hydrogen) atoms. The smallest absolute Gasteiger partial charge is 0.257 e. The van der Waals surface area contributed by atoms with E-state index in [2.05, 4.69) is 16.0 Å². The van der Waals surface area contributed by atoms with E-state index in [9.17, 15) is 14.4 Å². The summed E-state index contributed by atoms with van der Waals surface area (Å²) in [6.45, 7) is 0. The fraction of sp³-hybridized carbons (Fsp3) is 0.